The molecule has 0 bridgehead atoms. The molecule has 1 N–H and O–H groups in total. The predicted octanol–water partition coefficient (Wildman–Crippen LogP) is 5.58. The fourth-order valence-corrected chi connectivity index (χ4v) is 5.98. The fraction of sp³-hybridized carbons (Fsp3) is 0.286. The van der Waals surface area contributed by atoms with Gasteiger partial charge in [0.2, 0.25) is 11.8 Å². The van der Waals surface area contributed by atoms with E-state index in [1.165, 1.54) is 17.0 Å². The Morgan fingerprint density at radius 3 is 2.24 bits per heavy atom. The Hall–Kier alpha value is -2.44. The van der Waals surface area contributed by atoms with Gasteiger partial charge in [-0.1, -0.05) is 53.2 Å². The monoisotopic (exact) mass is 711 g/mol. The first kappa shape index (κ1) is 30.1. The van der Waals surface area contributed by atoms with Crippen LogP contribution < -0.4 is 9.62 Å². The van der Waals surface area contributed by atoms with Gasteiger partial charge in [-0.05, 0) is 97.0 Å². The summed E-state index contributed by atoms with van der Waals surface area (Å²) in [4.78, 5) is 28.5. The lowest BCUT2D eigenvalue weighted by Crippen LogP contribution is -2.52. The van der Waals surface area contributed by atoms with E-state index in [0.717, 1.165) is 24.3 Å². The second-order valence-corrected chi connectivity index (χ2v) is 13.0. The van der Waals surface area contributed by atoms with Crippen molar-refractivity contribution in [2.24, 2.45) is 0 Å². The Morgan fingerprint density at radius 1 is 0.974 bits per heavy atom. The van der Waals surface area contributed by atoms with Crippen molar-refractivity contribution in [1.82, 2.24) is 10.2 Å². The highest BCUT2D eigenvalue weighted by molar-refractivity contribution is 14.1. The zero-order valence-electron chi connectivity index (χ0n) is 21.5. The number of hydrogen-bond acceptors (Lipinski definition) is 4. The molecule has 3 aromatic rings. The Morgan fingerprint density at radius 2 is 1.63 bits per heavy atom. The van der Waals surface area contributed by atoms with Crippen LogP contribution in [0.3, 0.4) is 0 Å². The van der Waals surface area contributed by atoms with E-state index in [1.54, 1.807) is 49.4 Å². The maximum Gasteiger partial charge on any atom is 0.264 e. The zero-order chi connectivity index (χ0) is 27.9. The van der Waals surface area contributed by atoms with E-state index >= 15 is 0 Å². The summed E-state index contributed by atoms with van der Waals surface area (Å²) in [5.74, 6) is -0.788. The number of anilines is 1. The number of benzene rings is 3. The van der Waals surface area contributed by atoms with Crippen LogP contribution in [0.1, 0.15) is 32.8 Å². The standard InChI is InChI=1S/C28H31BrIN3O4S/c1-4-20(2)31-28(35)21(3)32(18-22-9-8-10-23(29)17-22)27(34)19-33(25-15-13-24(30)14-16-25)38(36,37)26-11-6-5-7-12-26/h5-17,20-21H,4,18-19H2,1-3H3,(H,31,35)/t20-,21-/m1/s1. The number of carbonyl (C=O) groups excluding carboxylic acids is 2. The highest BCUT2D eigenvalue weighted by atomic mass is 127. The molecule has 0 saturated carbocycles. The molecule has 0 fully saturated rings. The summed E-state index contributed by atoms with van der Waals surface area (Å²) in [6.45, 7) is 5.20. The van der Waals surface area contributed by atoms with E-state index in [9.17, 15) is 18.0 Å². The number of sulfonamides is 1. The third kappa shape index (κ3) is 7.79. The van der Waals surface area contributed by atoms with E-state index in [-0.39, 0.29) is 23.4 Å². The van der Waals surface area contributed by atoms with Crippen LogP contribution in [0, 0.1) is 3.57 Å². The molecule has 38 heavy (non-hydrogen) atoms. The molecule has 0 radical (unpaired) electrons. The van der Waals surface area contributed by atoms with E-state index in [0.29, 0.717) is 5.69 Å². The van der Waals surface area contributed by atoms with Crippen LogP contribution in [0.5, 0.6) is 0 Å². The Balaban J connectivity index is 2.01. The quantitative estimate of drug-likeness (QED) is 0.263. The van der Waals surface area contributed by atoms with Gasteiger partial charge < -0.3 is 10.2 Å². The van der Waals surface area contributed by atoms with Crippen molar-refractivity contribution < 1.29 is 18.0 Å². The number of nitrogens with one attached hydrogen (secondary N) is 1. The van der Waals surface area contributed by atoms with E-state index in [2.05, 4.69) is 43.8 Å². The summed E-state index contributed by atoms with van der Waals surface area (Å²) < 4.78 is 30.3. The normalized spacial score (nSPS) is 12.9. The molecule has 0 saturated heterocycles. The van der Waals surface area contributed by atoms with E-state index in [4.69, 9.17) is 0 Å². The Kier molecular flexibility index (Phi) is 10.8. The smallest absolute Gasteiger partial charge is 0.264 e. The maximum absolute atomic E-state index is 13.9. The number of amides is 2. The summed E-state index contributed by atoms with van der Waals surface area (Å²) in [6, 6.07) is 21.5. The lowest BCUT2D eigenvalue weighted by Gasteiger charge is -2.32. The lowest BCUT2D eigenvalue weighted by molar-refractivity contribution is -0.139. The summed E-state index contributed by atoms with van der Waals surface area (Å²) in [6.07, 6.45) is 0.744. The number of rotatable bonds is 11. The van der Waals surface area contributed by atoms with Crippen molar-refractivity contribution in [3.63, 3.8) is 0 Å². The van der Waals surface area contributed by atoms with E-state index in [1.807, 2.05) is 38.1 Å². The Labute approximate surface area is 246 Å². The van der Waals surface area contributed by atoms with Crippen LogP contribution in [0.25, 0.3) is 0 Å². The molecule has 0 aliphatic rings. The molecular weight excluding hydrogens is 681 g/mol. The summed E-state index contributed by atoms with van der Waals surface area (Å²) in [5.41, 5.74) is 1.17. The van der Waals surface area contributed by atoms with Crippen LogP contribution in [-0.2, 0) is 26.2 Å². The lowest BCUT2D eigenvalue weighted by atomic mass is 10.1. The average molecular weight is 712 g/mol. The summed E-state index contributed by atoms with van der Waals surface area (Å²) >= 11 is 5.60. The average Bonchev–Trinajstić information content (AvgIpc) is 2.90. The molecule has 0 aliphatic carbocycles. The minimum Gasteiger partial charge on any atom is -0.352 e. The predicted molar refractivity (Wildman–Crippen MR) is 162 cm³/mol. The molecule has 2 amide bonds. The van der Waals surface area contributed by atoms with Crippen molar-refractivity contribution in [3.8, 4) is 0 Å². The highest BCUT2D eigenvalue weighted by Gasteiger charge is 2.32. The van der Waals surface area contributed by atoms with Crippen LogP contribution in [0.2, 0.25) is 0 Å². The van der Waals surface area contributed by atoms with Crippen molar-refractivity contribution in [1.29, 1.82) is 0 Å². The molecule has 3 aromatic carbocycles. The van der Waals surface area contributed by atoms with Crippen LogP contribution in [0.15, 0.2) is 88.2 Å². The number of nitrogens with zero attached hydrogens (tertiary/aromatic N) is 2. The first-order valence-corrected chi connectivity index (χ1v) is 15.5. The molecule has 0 unspecified atom stereocenters. The van der Waals surface area contributed by atoms with Gasteiger partial charge >= 0.3 is 0 Å². The largest absolute Gasteiger partial charge is 0.352 e. The third-order valence-corrected chi connectivity index (χ3v) is 9.14. The molecule has 10 heteroatoms. The molecular formula is C28H31BrIN3O4S. The van der Waals surface area contributed by atoms with Gasteiger partial charge in [0.1, 0.15) is 12.6 Å². The maximum atomic E-state index is 13.9. The van der Waals surface area contributed by atoms with Crippen molar-refractivity contribution >= 4 is 66.0 Å². The first-order chi connectivity index (χ1) is 18.0. The Bertz CT molecular complexity index is 1350. The number of hydrogen-bond donors (Lipinski definition) is 1. The minimum absolute atomic E-state index is 0.0606. The number of carbonyl (C=O) groups is 2. The van der Waals surface area contributed by atoms with Gasteiger partial charge in [-0.15, -0.1) is 0 Å². The zero-order valence-corrected chi connectivity index (χ0v) is 26.0. The molecule has 0 aromatic heterocycles. The minimum atomic E-state index is -4.07. The topological polar surface area (TPSA) is 86.8 Å². The van der Waals surface area contributed by atoms with Crippen LogP contribution >= 0.6 is 38.5 Å². The van der Waals surface area contributed by atoms with E-state index < -0.39 is 28.5 Å². The van der Waals surface area contributed by atoms with Gasteiger partial charge in [-0.3, -0.25) is 13.9 Å². The third-order valence-electron chi connectivity index (χ3n) is 6.13. The van der Waals surface area contributed by atoms with Crippen LogP contribution in [-0.4, -0.2) is 43.8 Å². The summed E-state index contributed by atoms with van der Waals surface area (Å²) in [5, 5.41) is 2.93. The molecule has 0 spiro atoms. The molecule has 0 heterocycles. The van der Waals surface area contributed by atoms with Crippen LogP contribution in [0.4, 0.5) is 5.69 Å². The van der Waals surface area contributed by atoms with Crippen molar-refractivity contribution in [2.45, 2.75) is 50.7 Å². The summed E-state index contributed by atoms with van der Waals surface area (Å²) in [7, 11) is -4.07. The van der Waals surface area contributed by atoms with Crippen molar-refractivity contribution in [2.75, 3.05) is 10.8 Å². The van der Waals surface area contributed by atoms with Gasteiger partial charge in [0, 0.05) is 20.6 Å². The van der Waals surface area contributed by atoms with Gasteiger partial charge in [-0.2, -0.15) is 0 Å². The molecule has 0 aliphatic heterocycles. The first-order valence-electron chi connectivity index (χ1n) is 12.2. The second-order valence-electron chi connectivity index (χ2n) is 8.95. The SMILES string of the molecule is CC[C@@H](C)NC(=O)[C@@H](C)N(Cc1cccc(Br)c1)C(=O)CN(c1ccc(I)cc1)S(=O)(=O)c1ccccc1. The van der Waals surface area contributed by atoms with Gasteiger partial charge in [0.15, 0.2) is 0 Å². The molecule has 202 valence electrons. The van der Waals surface area contributed by atoms with Gasteiger partial charge in [-0.25, -0.2) is 8.42 Å². The number of halogens is 2. The van der Waals surface area contributed by atoms with Gasteiger partial charge in [0.25, 0.3) is 10.0 Å². The highest BCUT2D eigenvalue weighted by Crippen LogP contribution is 2.25. The van der Waals surface area contributed by atoms with Gasteiger partial charge in [0.05, 0.1) is 10.6 Å². The van der Waals surface area contributed by atoms with Crippen molar-refractivity contribution in [3.05, 3.63) is 92.5 Å². The molecule has 7 nitrogen and oxygen atoms in total. The second kappa shape index (κ2) is 13.6. The molecule has 3 rings (SSSR count). The fourth-order valence-electron chi connectivity index (χ4n) is 3.74. The molecule has 2 atom stereocenters.